The lowest BCUT2D eigenvalue weighted by Crippen LogP contribution is -2.42. The summed E-state index contributed by atoms with van der Waals surface area (Å²) < 4.78 is 0. The summed E-state index contributed by atoms with van der Waals surface area (Å²) in [6.45, 7) is 3.40. The first-order valence-corrected chi connectivity index (χ1v) is 9.36. The molecule has 1 aliphatic rings. The SMILES string of the molecule is CCCCCCCCCCCCN(N)C1CCCCC1. The van der Waals surface area contributed by atoms with Gasteiger partial charge in [-0.15, -0.1) is 0 Å². The third-order valence-electron chi connectivity index (χ3n) is 4.81. The first-order valence-electron chi connectivity index (χ1n) is 9.36. The zero-order chi connectivity index (χ0) is 14.5. The Morgan fingerprint density at radius 2 is 1.25 bits per heavy atom. The quantitative estimate of drug-likeness (QED) is 0.294. The van der Waals surface area contributed by atoms with Gasteiger partial charge in [0.2, 0.25) is 0 Å². The molecule has 0 bridgehead atoms. The molecule has 0 heterocycles. The molecule has 0 unspecified atom stereocenters. The van der Waals surface area contributed by atoms with Crippen LogP contribution in [0.15, 0.2) is 0 Å². The fourth-order valence-electron chi connectivity index (χ4n) is 3.38. The van der Waals surface area contributed by atoms with Crippen LogP contribution < -0.4 is 5.84 Å². The van der Waals surface area contributed by atoms with Gasteiger partial charge in [0.05, 0.1) is 0 Å². The van der Waals surface area contributed by atoms with Gasteiger partial charge in [0.1, 0.15) is 0 Å². The van der Waals surface area contributed by atoms with Crippen molar-refractivity contribution in [3.63, 3.8) is 0 Å². The highest BCUT2D eigenvalue weighted by Gasteiger charge is 2.17. The van der Waals surface area contributed by atoms with Crippen LogP contribution in [0.4, 0.5) is 0 Å². The third kappa shape index (κ3) is 8.97. The van der Waals surface area contributed by atoms with Gasteiger partial charge in [-0.3, -0.25) is 5.84 Å². The molecule has 0 aromatic carbocycles. The summed E-state index contributed by atoms with van der Waals surface area (Å²) in [7, 11) is 0. The van der Waals surface area contributed by atoms with E-state index in [2.05, 4.69) is 11.9 Å². The molecule has 0 aromatic rings. The minimum Gasteiger partial charge on any atom is -0.269 e. The monoisotopic (exact) mass is 282 g/mol. The van der Waals surface area contributed by atoms with Crippen molar-refractivity contribution in [2.24, 2.45) is 5.84 Å². The van der Waals surface area contributed by atoms with Gasteiger partial charge in [0.15, 0.2) is 0 Å². The highest BCUT2D eigenvalue weighted by atomic mass is 15.4. The van der Waals surface area contributed by atoms with Crippen LogP contribution in [0.1, 0.15) is 103 Å². The van der Waals surface area contributed by atoms with Gasteiger partial charge in [-0.25, -0.2) is 5.01 Å². The molecule has 1 aliphatic carbocycles. The predicted octanol–water partition coefficient (Wildman–Crippen LogP) is 5.42. The molecule has 120 valence electrons. The van der Waals surface area contributed by atoms with Gasteiger partial charge in [-0.2, -0.15) is 0 Å². The maximum atomic E-state index is 6.19. The molecule has 0 aliphatic heterocycles. The summed E-state index contributed by atoms with van der Waals surface area (Å²) in [5, 5.41) is 2.14. The van der Waals surface area contributed by atoms with E-state index in [-0.39, 0.29) is 0 Å². The molecule has 1 fully saturated rings. The van der Waals surface area contributed by atoms with Crippen LogP contribution in [0.2, 0.25) is 0 Å². The van der Waals surface area contributed by atoms with E-state index >= 15 is 0 Å². The Balaban J connectivity index is 1.82. The van der Waals surface area contributed by atoms with Gasteiger partial charge in [-0.05, 0) is 19.3 Å². The van der Waals surface area contributed by atoms with Crippen LogP contribution in [0, 0.1) is 0 Å². The second-order valence-electron chi connectivity index (χ2n) is 6.71. The number of hydrazine groups is 1. The molecule has 0 saturated heterocycles. The Labute approximate surface area is 127 Å². The standard InChI is InChI=1S/C18H38N2/c1-2-3-4-5-6-7-8-9-10-14-17-20(19)18-15-12-11-13-16-18/h18H,2-17,19H2,1H3. The van der Waals surface area contributed by atoms with Crippen LogP contribution in [0.3, 0.4) is 0 Å². The first kappa shape index (κ1) is 18.0. The topological polar surface area (TPSA) is 29.3 Å². The average Bonchev–Trinajstić information content (AvgIpc) is 2.50. The lowest BCUT2D eigenvalue weighted by molar-refractivity contribution is 0.155. The van der Waals surface area contributed by atoms with E-state index in [4.69, 9.17) is 5.84 Å². The molecule has 1 rings (SSSR count). The van der Waals surface area contributed by atoms with Gasteiger partial charge in [-0.1, -0.05) is 84.0 Å². The second-order valence-corrected chi connectivity index (χ2v) is 6.71. The van der Waals surface area contributed by atoms with Crippen molar-refractivity contribution in [3.05, 3.63) is 0 Å². The van der Waals surface area contributed by atoms with Crippen LogP contribution in [-0.4, -0.2) is 17.6 Å². The van der Waals surface area contributed by atoms with Crippen molar-refractivity contribution in [3.8, 4) is 0 Å². The zero-order valence-electron chi connectivity index (χ0n) is 13.9. The Bertz CT molecular complexity index is 200. The number of nitrogens with zero attached hydrogens (tertiary/aromatic N) is 1. The van der Waals surface area contributed by atoms with Crippen molar-refractivity contribution in [1.82, 2.24) is 5.01 Å². The second kappa shape index (κ2) is 12.6. The fourth-order valence-corrected chi connectivity index (χ4v) is 3.38. The summed E-state index contributed by atoms with van der Waals surface area (Å²) in [5.41, 5.74) is 0. The molecule has 0 amide bonds. The smallest absolute Gasteiger partial charge is 0.0241 e. The summed E-state index contributed by atoms with van der Waals surface area (Å²) in [6.07, 6.45) is 20.9. The van der Waals surface area contributed by atoms with E-state index < -0.39 is 0 Å². The molecule has 0 spiro atoms. The van der Waals surface area contributed by atoms with Crippen molar-refractivity contribution >= 4 is 0 Å². The maximum Gasteiger partial charge on any atom is 0.0241 e. The predicted molar refractivity (Wildman–Crippen MR) is 89.6 cm³/mol. The van der Waals surface area contributed by atoms with E-state index in [1.807, 2.05) is 0 Å². The molecule has 20 heavy (non-hydrogen) atoms. The van der Waals surface area contributed by atoms with Crippen LogP contribution in [0.25, 0.3) is 0 Å². The maximum absolute atomic E-state index is 6.19. The lowest BCUT2D eigenvalue weighted by atomic mass is 9.95. The number of rotatable bonds is 12. The normalized spacial score (nSPS) is 16.9. The molecular formula is C18H38N2. The van der Waals surface area contributed by atoms with Crippen molar-refractivity contribution in [1.29, 1.82) is 0 Å². The highest BCUT2D eigenvalue weighted by molar-refractivity contribution is 4.72. The van der Waals surface area contributed by atoms with Crippen LogP contribution >= 0.6 is 0 Å². The Hall–Kier alpha value is -0.0800. The number of unbranched alkanes of at least 4 members (excludes halogenated alkanes) is 9. The van der Waals surface area contributed by atoms with Gasteiger partial charge in [0, 0.05) is 12.6 Å². The van der Waals surface area contributed by atoms with Crippen molar-refractivity contribution in [2.75, 3.05) is 6.54 Å². The Morgan fingerprint density at radius 3 is 1.80 bits per heavy atom. The highest BCUT2D eigenvalue weighted by Crippen LogP contribution is 2.21. The number of nitrogens with two attached hydrogens (primary N) is 1. The Morgan fingerprint density at radius 1 is 0.750 bits per heavy atom. The van der Waals surface area contributed by atoms with Gasteiger partial charge < -0.3 is 0 Å². The summed E-state index contributed by atoms with van der Waals surface area (Å²) in [6, 6.07) is 0.683. The molecule has 0 radical (unpaired) electrons. The third-order valence-corrected chi connectivity index (χ3v) is 4.81. The largest absolute Gasteiger partial charge is 0.269 e. The molecule has 0 aromatic heterocycles. The fraction of sp³-hybridized carbons (Fsp3) is 1.00. The van der Waals surface area contributed by atoms with E-state index in [1.165, 1.54) is 96.3 Å². The summed E-state index contributed by atoms with van der Waals surface area (Å²) in [5.74, 6) is 6.19. The molecular weight excluding hydrogens is 244 g/mol. The van der Waals surface area contributed by atoms with Crippen molar-refractivity contribution in [2.45, 2.75) is 109 Å². The van der Waals surface area contributed by atoms with Gasteiger partial charge >= 0.3 is 0 Å². The first-order chi connectivity index (χ1) is 9.84. The molecule has 1 saturated carbocycles. The summed E-state index contributed by atoms with van der Waals surface area (Å²) in [4.78, 5) is 0. The molecule has 2 nitrogen and oxygen atoms in total. The van der Waals surface area contributed by atoms with E-state index in [9.17, 15) is 0 Å². The average molecular weight is 283 g/mol. The van der Waals surface area contributed by atoms with Crippen molar-refractivity contribution < 1.29 is 0 Å². The molecule has 0 atom stereocenters. The minimum atomic E-state index is 0.683. The van der Waals surface area contributed by atoms with Crippen LogP contribution in [0.5, 0.6) is 0 Å². The van der Waals surface area contributed by atoms with Crippen LogP contribution in [-0.2, 0) is 0 Å². The minimum absolute atomic E-state index is 0.683. The zero-order valence-corrected chi connectivity index (χ0v) is 13.9. The van der Waals surface area contributed by atoms with E-state index in [0.29, 0.717) is 6.04 Å². The molecule has 2 heteroatoms. The number of hydrogen-bond acceptors (Lipinski definition) is 2. The van der Waals surface area contributed by atoms with Gasteiger partial charge in [0.25, 0.3) is 0 Å². The number of hydrogen-bond donors (Lipinski definition) is 1. The Kier molecular flexibility index (Phi) is 11.4. The summed E-state index contributed by atoms with van der Waals surface area (Å²) >= 11 is 0. The lowest BCUT2D eigenvalue weighted by Gasteiger charge is -2.30. The molecule has 2 N–H and O–H groups in total. The van der Waals surface area contributed by atoms with E-state index in [1.54, 1.807) is 0 Å². The van der Waals surface area contributed by atoms with E-state index in [0.717, 1.165) is 6.54 Å².